The summed E-state index contributed by atoms with van der Waals surface area (Å²) in [5, 5.41) is 5.03. The van der Waals surface area contributed by atoms with Gasteiger partial charge < -0.3 is 15.0 Å². The van der Waals surface area contributed by atoms with Gasteiger partial charge in [0.25, 0.3) is 0 Å². The van der Waals surface area contributed by atoms with Gasteiger partial charge in [-0.15, -0.1) is 0 Å². The van der Waals surface area contributed by atoms with Crippen molar-refractivity contribution in [3.05, 3.63) is 0 Å². The minimum atomic E-state index is -0.436. The number of ether oxygens (including phenoxy) is 1. The van der Waals surface area contributed by atoms with Crippen molar-refractivity contribution in [3.63, 3.8) is 0 Å². The van der Waals surface area contributed by atoms with Gasteiger partial charge >= 0.3 is 6.03 Å². The monoisotopic (exact) mass is 382 g/mol. The highest BCUT2D eigenvalue weighted by Crippen LogP contribution is 2.22. The summed E-state index contributed by atoms with van der Waals surface area (Å²) in [5.41, 5.74) is 0. The van der Waals surface area contributed by atoms with Gasteiger partial charge in [0.15, 0.2) is 0 Å². The van der Waals surface area contributed by atoms with Gasteiger partial charge in [0.2, 0.25) is 11.8 Å². The Morgan fingerprint density at radius 3 is 2.30 bits per heavy atom. The fourth-order valence-electron chi connectivity index (χ4n) is 3.75. The molecule has 8 heteroatoms. The van der Waals surface area contributed by atoms with E-state index in [9.17, 15) is 14.4 Å². The van der Waals surface area contributed by atoms with E-state index in [-0.39, 0.29) is 36.5 Å². The molecule has 2 aliphatic heterocycles. The smallest absolute Gasteiger partial charge is 0.321 e. The highest BCUT2D eigenvalue weighted by molar-refractivity contribution is 5.95. The summed E-state index contributed by atoms with van der Waals surface area (Å²) in [7, 11) is 0. The summed E-state index contributed by atoms with van der Waals surface area (Å²) < 4.78 is 5.70. The van der Waals surface area contributed by atoms with E-state index in [4.69, 9.17) is 4.74 Å². The topological polar surface area (TPSA) is 91.0 Å². The number of imide groups is 1. The highest BCUT2D eigenvalue weighted by atomic mass is 16.5. The largest absolute Gasteiger partial charge is 0.372 e. The lowest BCUT2D eigenvalue weighted by molar-refractivity contribution is -0.148. The fourth-order valence-corrected chi connectivity index (χ4v) is 3.75. The van der Waals surface area contributed by atoms with Crippen molar-refractivity contribution in [2.45, 2.75) is 58.7 Å². The summed E-state index contributed by atoms with van der Waals surface area (Å²) in [6.45, 7) is 9.48. The van der Waals surface area contributed by atoms with Crippen LogP contribution in [0.15, 0.2) is 0 Å². The van der Waals surface area contributed by atoms with Crippen molar-refractivity contribution in [1.29, 1.82) is 0 Å². The Morgan fingerprint density at radius 1 is 1.07 bits per heavy atom. The molecular weight excluding hydrogens is 348 g/mol. The molecule has 0 radical (unpaired) electrons. The second kappa shape index (κ2) is 10.6. The minimum Gasteiger partial charge on any atom is -0.372 e. The molecule has 0 saturated carbocycles. The Bertz CT molecular complexity index is 510. The molecular formula is C19H34N4O4. The molecule has 2 saturated heterocycles. The zero-order valence-corrected chi connectivity index (χ0v) is 16.8. The Morgan fingerprint density at radius 2 is 1.70 bits per heavy atom. The maximum atomic E-state index is 12.8. The molecule has 0 aliphatic carbocycles. The van der Waals surface area contributed by atoms with E-state index >= 15 is 0 Å². The lowest BCUT2D eigenvalue weighted by Crippen LogP contribution is -2.52. The van der Waals surface area contributed by atoms with Crippen molar-refractivity contribution in [2.24, 2.45) is 5.92 Å². The molecule has 0 spiro atoms. The second-order valence-electron chi connectivity index (χ2n) is 7.71. The van der Waals surface area contributed by atoms with Crippen LogP contribution in [0.5, 0.6) is 0 Å². The Balaban J connectivity index is 1.69. The average Bonchev–Trinajstić information content (AvgIpc) is 2.61. The molecule has 4 amide bonds. The number of likely N-dealkylation sites (tertiary alicyclic amines) is 1. The predicted octanol–water partition coefficient (Wildman–Crippen LogP) is 0.960. The number of nitrogens with one attached hydrogen (secondary N) is 2. The van der Waals surface area contributed by atoms with E-state index in [0.29, 0.717) is 32.7 Å². The van der Waals surface area contributed by atoms with Crippen LogP contribution in [0.3, 0.4) is 0 Å². The molecule has 0 bridgehead atoms. The van der Waals surface area contributed by atoms with Crippen LogP contribution in [-0.2, 0) is 14.3 Å². The Labute approximate surface area is 162 Å². The van der Waals surface area contributed by atoms with Gasteiger partial charge in [-0.2, -0.15) is 0 Å². The first-order chi connectivity index (χ1) is 12.9. The number of morpholine rings is 1. The molecule has 0 aromatic carbocycles. The van der Waals surface area contributed by atoms with Crippen LogP contribution in [0, 0.1) is 5.92 Å². The molecule has 2 aliphatic rings. The minimum absolute atomic E-state index is 0.0131. The van der Waals surface area contributed by atoms with Crippen LogP contribution in [0.4, 0.5) is 4.79 Å². The predicted molar refractivity (Wildman–Crippen MR) is 102 cm³/mol. The third-order valence-corrected chi connectivity index (χ3v) is 5.10. The van der Waals surface area contributed by atoms with Crippen LogP contribution >= 0.6 is 0 Å². The third kappa shape index (κ3) is 7.10. The first-order valence-corrected chi connectivity index (χ1v) is 10.1. The molecule has 2 N–H and O–H groups in total. The van der Waals surface area contributed by atoms with Gasteiger partial charge in [-0.25, -0.2) is 4.79 Å². The van der Waals surface area contributed by atoms with Crippen molar-refractivity contribution in [1.82, 2.24) is 20.4 Å². The van der Waals surface area contributed by atoms with Crippen molar-refractivity contribution in [3.8, 4) is 0 Å². The second-order valence-corrected chi connectivity index (χ2v) is 7.71. The number of nitrogens with zero attached hydrogens (tertiary/aromatic N) is 2. The number of carbonyl (C=O) groups excluding carboxylic acids is 3. The molecule has 0 aromatic heterocycles. The summed E-state index contributed by atoms with van der Waals surface area (Å²) in [4.78, 5) is 40.3. The molecule has 27 heavy (non-hydrogen) atoms. The summed E-state index contributed by atoms with van der Waals surface area (Å²) in [6.07, 6.45) is 3.52. The quantitative estimate of drug-likeness (QED) is 0.668. The van der Waals surface area contributed by atoms with Crippen molar-refractivity contribution >= 4 is 17.8 Å². The van der Waals surface area contributed by atoms with E-state index in [1.165, 1.54) is 0 Å². The molecule has 2 rings (SSSR count). The molecule has 2 heterocycles. The van der Waals surface area contributed by atoms with E-state index in [2.05, 4.69) is 10.6 Å². The summed E-state index contributed by atoms with van der Waals surface area (Å²) in [6, 6.07) is -0.436. The average molecular weight is 383 g/mol. The van der Waals surface area contributed by atoms with Gasteiger partial charge in [-0.05, 0) is 46.2 Å². The van der Waals surface area contributed by atoms with Gasteiger partial charge in [-0.1, -0.05) is 13.3 Å². The zero-order valence-electron chi connectivity index (χ0n) is 16.8. The molecule has 154 valence electrons. The van der Waals surface area contributed by atoms with Crippen LogP contribution in [0.25, 0.3) is 0 Å². The molecule has 2 unspecified atom stereocenters. The van der Waals surface area contributed by atoms with Crippen molar-refractivity contribution < 1.29 is 19.1 Å². The number of hydrogen-bond acceptors (Lipinski definition) is 5. The first-order valence-electron chi connectivity index (χ1n) is 10.1. The maximum absolute atomic E-state index is 12.8. The van der Waals surface area contributed by atoms with E-state index in [0.717, 1.165) is 25.7 Å². The van der Waals surface area contributed by atoms with E-state index in [1.54, 1.807) is 0 Å². The van der Waals surface area contributed by atoms with E-state index in [1.807, 2.05) is 30.6 Å². The van der Waals surface area contributed by atoms with Gasteiger partial charge in [0.1, 0.15) is 0 Å². The number of urea groups is 1. The number of carbonyl (C=O) groups is 3. The summed E-state index contributed by atoms with van der Waals surface area (Å²) >= 11 is 0. The lowest BCUT2D eigenvalue weighted by atomic mass is 9.94. The Hall–Kier alpha value is -1.67. The van der Waals surface area contributed by atoms with E-state index < -0.39 is 6.03 Å². The Kier molecular flexibility index (Phi) is 8.50. The number of unbranched alkanes of at least 4 members (excludes halogenated alkanes) is 1. The third-order valence-electron chi connectivity index (χ3n) is 5.10. The zero-order chi connectivity index (χ0) is 19.8. The normalized spacial score (nSPS) is 24.5. The first kappa shape index (κ1) is 21.6. The van der Waals surface area contributed by atoms with Gasteiger partial charge in [-0.3, -0.25) is 19.8 Å². The maximum Gasteiger partial charge on any atom is 0.321 e. The lowest BCUT2D eigenvalue weighted by Gasteiger charge is -2.39. The molecule has 0 aromatic rings. The van der Waals surface area contributed by atoms with Gasteiger partial charge in [0.05, 0.1) is 18.8 Å². The highest BCUT2D eigenvalue weighted by Gasteiger charge is 2.32. The van der Waals surface area contributed by atoms with Crippen LogP contribution in [0.1, 0.15) is 46.5 Å². The standard InChI is InChI=1S/C19H34N4O4/c1-4-5-8-20-19(26)21-17(24)13-22-9-6-16(7-10-22)18(25)23-11-14(2)27-15(3)12-23/h14-16H,4-13H2,1-3H3,(H2,20,21,24,26). The summed E-state index contributed by atoms with van der Waals surface area (Å²) in [5.74, 6) is -0.0832. The number of piperidine rings is 1. The SMILES string of the molecule is CCCCNC(=O)NC(=O)CN1CCC(C(=O)N2CC(C)OC(C)C2)CC1. The van der Waals surface area contributed by atoms with Crippen LogP contribution in [0.2, 0.25) is 0 Å². The van der Waals surface area contributed by atoms with Crippen LogP contribution in [-0.4, -0.2) is 79.1 Å². The fraction of sp³-hybridized carbons (Fsp3) is 0.842. The molecule has 2 fully saturated rings. The van der Waals surface area contributed by atoms with Crippen LogP contribution < -0.4 is 10.6 Å². The van der Waals surface area contributed by atoms with Crippen molar-refractivity contribution in [2.75, 3.05) is 39.3 Å². The number of hydrogen-bond donors (Lipinski definition) is 2. The van der Waals surface area contributed by atoms with Gasteiger partial charge in [0, 0.05) is 25.6 Å². The number of rotatable bonds is 6. The number of amides is 4. The molecule has 8 nitrogen and oxygen atoms in total. The molecule has 2 atom stereocenters.